The fraction of sp³-hybridized carbons (Fsp3) is 0.391. The van der Waals surface area contributed by atoms with Gasteiger partial charge in [-0.15, -0.1) is 0 Å². The summed E-state index contributed by atoms with van der Waals surface area (Å²) in [6.45, 7) is 4.41. The first-order valence-corrected chi connectivity index (χ1v) is 11.3. The summed E-state index contributed by atoms with van der Waals surface area (Å²) >= 11 is 12.4. The van der Waals surface area contributed by atoms with Crippen molar-refractivity contribution in [2.24, 2.45) is 5.92 Å². The minimum Gasteiger partial charge on any atom is -0.460 e. The van der Waals surface area contributed by atoms with Crippen molar-refractivity contribution in [3.63, 3.8) is 0 Å². The lowest BCUT2D eigenvalue weighted by atomic mass is 10.1. The summed E-state index contributed by atoms with van der Waals surface area (Å²) in [5, 5.41) is 8.26. The third-order valence-electron chi connectivity index (χ3n) is 5.98. The lowest BCUT2D eigenvalue weighted by molar-refractivity contribution is 0.0922. The highest BCUT2D eigenvalue weighted by Crippen LogP contribution is 2.40. The maximum Gasteiger partial charge on any atom is 0.273 e. The third kappa shape index (κ3) is 4.52. The molecular weight excluding hydrogens is 437 g/mol. The van der Waals surface area contributed by atoms with Crippen LogP contribution in [0.4, 0.5) is 0 Å². The van der Waals surface area contributed by atoms with Crippen molar-refractivity contribution in [2.45, 2.75) is 38.3 Å². The molecule has 8 heteroatoms. The van der Waals surface area contributed by atoms with Gasteiger partial charge in [0.15, 0.2) is 5.69 Å². The van der Waals surface area contributed by atoms with Crippen LogP contribution >= 0.6 is 23.2 Å². The van der Waals surface area contributed by atoms with Gasteiger partial charge in [0.1, 0.15) is 17.3 Å². The number of rotatable bonds is 6. The molecule has 1 saturated heterocycles. The van der Waals surface area contributed by atoms with Crippen molar-refractivity contribution in [3.8, 4) is 11.3 Å². The summed E-state index contributed by atoms with van der Waals surface area (Å²) in [6.07, 6.45) is 2.23. The first-order valence-electron chi connectivity index (χ1n) is 10.5. The average Bonchev–Trinajstić information content (AvgIpc) is 3.13. The number of nitrogens with one attached hydrogen (secondary N) is 1. The van der Waals surface area contributed by atoms with Gasteiger partial charge in [-0.1, -0.05) is 35.3 Å². The van der Waals surface area contributed by atoms with Crippen molar-refractivity contribution in [1.29, 1.82) is 0 Å². The lowest BCUT2D eigenvalue weighted by Crippen LogP contribution is -2.39. The van der Waals surface area contributed by atoms with Crippen LogP contribution in [0.15, 0.2) is 45.3 Å². The number of halogens is 2. The maximum absolute atomic E-state index is 12.6. The molecule has 31 heavy (non-hydrogen) atoms. The molecule has 2 aromatic heterocycles. The van der Waals surface area contributed by atoms with E-state index in [0.717, 1.165) is 43.0 Å². The van der Waals surface area contributed by atoms with Crippen LogP contribution in [0.5, 0.6) is 0 Å². The molecule has 1 aliphatic carbocycles. The number of amides is 1. The maximum atomic E-state index is 12.6. The molecule has 0 radical (unpaired) electrons. The number of likely N-dealkylation sites (tertiary alicyclic amines) is 1. The van der Waals surface area contributed by atoms with Gasteiger partial charge in [-0.05, 0) is 49.1 Å². The molecule has 0 spiro atoms. The largest absolute Gasteiger partial charge is 0.460 e. The molecule has 1 aliphatic heterocycles. The first kappa shape index (κ1) is 20.6. The second-order valence-corrected chi connectivity index (χ2v) is 9.37. The fourth-order valence-corrected chi connectivity index (χ4v) is 4.48. The van der Waals surface area contributed by atoms with Crippen LogP contribution in [-0.4, -0.2) is 35.1 Å². The summed E-state index contributed by atoms with van der Waals surface area (Å²) in [5.74, 6) is 2.93. The Labute approximate surface area is 190 Å². The second-order valence-electron chi connectivity index (χ2n) is 8.53. The molecule has 1 aromatic carbocycles. The average molecular weight is 460 g/mol. The Morgan fingerprint density at radius 3 is 2.84 bits per heavy atom. The van der Waals surface area contributed by atoms with Crippen LogP contribution in [0.25, 0.3) is 11.3 Å². The Balaban J connectivity index is 1.20. The topological polar surface area (TPSA) is 71.5 Å². The zero-order valence-corrected chi connectivity index (χ0v) is 18.6. The van der Waals surface area contributed by atoms with Gasteiger partial charge in [-0.3, -0.25) is 9.69 Å². The summed E-state index contributed by atoms with van der Waals surface area (Å²) in [4.78, 5) is 14.9. The Morgan fingerprint density at radius 2 is 2.03 bits per heavy atom. The van der Waals surface area contributed by atoms with Crippen molar-refractivity contribution < 1.29 is 13.7 Å². The van der Waals surface area contributed by atoms with Gasteiger partial charge in [-0.2, -0.15) is 0 Å². The molecule has 5 rings (SSSR count). The summed E-state index contributed by atoms with van der Waals surface area (Å²) in [6, 6.07) is 11.0. The van der Waals surface area contributed by atoms with Crippen molar-refractivity contribution >= 4 is 29.1 Å². The normalized spacial score (nSPS) is 21.5. The Bertz CT molecular complexity index is 1110. The molecule has 3 aromatic rings. The van der Waals surface area contributed by atoms with Crippen LogP contribution in [0.2, 0.25) is 10.0 Å². The molecule has 162 valence electrons. The summed E-state index contributed by atoms with van der Waals surface area (Å²) in [5.41, 5.74) is 1.14. The van der Waals surface area contributed by atoms with E-state index >= 15 is 0 Å². The lowest BCUT2D eigenvalue weighted by Gasteiger charge is -2.16. The van der Waals surface area contributed by atoms with E-state index in [1.807, 2.05) is 12.1 Å². The van der Waals surface area contributed by atoms with Crippen molar-refractivity contribution in [1.82, 2.24) is 15.4 Å². The SMILES string of the molecule is C[C@H]1CN(Cc2ccc(-c3cc(Cl)ccc3Cl)o2)C[C@@H]1NC(=O)c1cc(C2CC2)on1. The second kappa shape index (κ2) is 8.34. The Kier molecular flexibility index (Phi) is 5.54. The first-order chi connectivity index (χ1) is 15.0. The molecule has 1 saturated carbocycles. The zero-order chi connectivity index (χ0) is 21.5. The van der Waals surface area contributed by atoms with Gasteiger partial charge in [0, 0.05) is 41.7 Å². The Hall–Kier alpha value is -2.28. The molecule has 1 N–H and O–H groups in total. The highest BCUT2D eigenvalue weighted by Gasteiger charge is 2.33. The van der Waals surface area contributed by atoms with Crippen LogP contribution in [0, 0.1) is 5.92 Å². The van der Waals surface area contributed by atoms with E-state index in [0.29, 0.717) is 39.9 Å². The number of nitrogens with zero attached hydrogens (tertiary/aromatic N) is 2. The van der Waals surface area contributed by atoms with Gasteiger partial charge < -0.3 is 14.3 Å². The van der Waals surface area contributed by atoms with Gasteiger partial charge in [0.2, 0.25) is 0 Å². The third-order valence-corrected chi connectivity index (χ3v) is 6.54. The number of carbonyl (C=O) groups is 1. The van der Waals surface area contributed by atoms with Crippen LogP contribution in [-0.2, 0) is 6.54 Å². The Morgan fingerprint density at radius 1 is 1.19 bits per heavy atom. The molecule has 3 heterocycles. The molecular formula is C23H23Cl2N3O3. The molecule has 2 atom stereocenters. The van der Waals surface area contributed by atoms with Gasteiger partial charge in [-0.25, -0.2) is 0 Å². The predicted octanol–water partition coefficient (Wildman–Crippen LogP) is 5.37. The van der Waals surface area contributed by atoms with Crippen molar-refractivity contribution in [2.75, 3.05) is 13.1 Å². The molecule has 0 unspecified atom stereocenters. The number of benzene rings is 1. The zero-order valence-electron chi connectivity index (χ0n) is 17.1. The standard InChI is InChI=1S/C23H23Cl2N3O3/c1-13-10-28(11-16-5-7-21(30-16)17-8-15(24)4-6-18(17)25)12-20(13)26-23(29)19-9-22(31-27-19)14-2-3-14/h4-9,13-14,20H,2-3,10-12H2,1H3,(H,26,29)/t13-,20-/m0/s1. The summed E-state index contributed by atoms with van der Waals surface area (Å²) in [7, 11) is 0. The van der Waals surface area contributed by atoms with Gasteiger partial charge >= 0.3 is 0 Å². The number of aromatic nitrogens is 1. The van der Waals surface area contributed by atoms with E-state index in [9.17, 15) is 4.79 Å². The predicted molar refractivity (Wildman–Crippen MR) is 118 cm³/mol. The molecule has 0 bridgehead atoms. The molecule has 2 fully saturated rings. The van der Waals surface area contributed by atoms with E-state index in [4.69, 9.17) is 32.1 Å². The minimum atomic E-state index is -0.176. The highest BCUT2D eigenvalue weighted by molar-refractivity contribution is 6.35. The van der Waals surface area contributed by atoms with Crippen LogP contribution in [0.1, 0.15) is 47.7 Å². The number of hydrogen-bond acceptors (Lipinski definition) is 5. The highest BCUT2D eigenvalue weighted by atomic mass is 35.5. The molecule has 6 nitrogen and oxygen atoms in total. The number of hydrogen-bond donors (Lipinski definition) is 1. The van der Waals surface area contributed by atoms with E-state index in [-0.39, 0.29) is 11.9 Å². The molecule has 1 amide bonds. The van der Waals surface area contributed by atoms with E-state index in [1.54, 1.807) is 24.3 Å². The monoisotopic (exact) mass is 459 g/mol. The van der Waals surface area contributed by atoms with Gasteiger partial charge in [0.05, 0.1) is 11.6 Å². The smallest absolute Gasteiger partial charge is 0.273 e. The molecule has 2 aliphatic rings. The van der Waals surface area contributed by atoms with E-state index < -0.39 is 0 Å². The number of furan rings is 1. The fourth-order valence-electron chi connectivity index (χ4n) is 4.10. The van der Waals surface area contributed by atoms with E-state index in [2.05, 4.69) is 22.3 Å². The number of carbonyl (C=O) groups excluding carboxylic acids is 1. The quantitative estimate of drug-likeness (QED) is 0.536. The van der Waals surface area contributed by atoms with E-state index in [1.165, 1.54) is 0 Å². The van der Waals surface area contributed by atoms with Gasteiger partial charge in [0.25, 0.3) is 5.91 Å². The van der Waals surface area contributed by atoms with Crippen molar-refractivity contribution in [3.05, 3.63) is 63.7 Å². The summed E-state index contributed by atoms with van der Waals surface area (Å²) < 4.78 is 11.3. The minimum absolute atomic E-state index is 0.0467. The van der Waals surface area contributed by atoms with Crippen LogP contribution < -0.4 is 5.32 Å². The van der Waals surface area contributed by atoms with Crippen LogP contribution in [0.3, 0.4) is 0 Å².